The Morgan fingerprint density at radius 1 is 1.36 bits per heavy atom. The second-order valence-electron chi connectivity index (χ2n) is 6.60. The molecule has 28 heavy (non-hydrogen) atoms. The first-order chi connectivity index (χ1) is 13.5. The third kappa shape index (κ3) is 3.84. The van der Waals surface area contributed by atoms with Crippen LogP contribution in [0.2, 0.25) is 0 Å². The number of nitrogens with zero attached hydrogens (tertiary/aromatic N) is 2. The Labute approximate surface area is 163 Å². The fourth-order valence-electron chi connectivity index (χ4n) is 3.27. The molecule has 1 aliphatic heterocycles. The van der Waals surface area contributed by atoms with Gasteiger partial charge in [-0.3, -0.25) is 9.78 Å². The van der Waals surface area contributed by atoms with Crippen LogP contribution in [-0.4, -0.2) is 45.1 Å². The molecule has 0 bridgehead atoms. The van der Waals surface area contributed by atoms with Crippen molar-refractivity contribution in [2.75, 3.05) is 18.4 Å². The summed E-state index contributed by atoms with van der Waals surface area (Å²) in [5.41, 5.74) is 2.66. The van der Waals surface area contributed by atoms with Crippen molar-refractivity contribution in [2.45, 2.75) is 33.3 Å². The van der Waals surface area contributed by atoms with E-state index in [9.17, 15) is 14.3 Å². The van der Waals surface area contributed by atoms with Crippen molar-refractivity contribution in [3.05, 3.63) is 53.7 Å². The molecule has 1 fully saturated rings. The second-order valence-corrected chi connectivity index (χ2v) is 6.60. The largest absolute Gasteiger partial charge is 0.391 e. The number of aliphatic hydroxyl groups is 1. The van der Waals surface area contributed by atoms with E-state index in [0.717, 1.165) is 11.1 Å². The summed E-state index contributed by atoms with van der Waals surface area (Å²) in [4.78, 5) is 21.8. The van der Waals surface area contributed by atoms with Gasteiger partial charge in [-0.15, -0.1) is 0 Å². The van der Waals surface area contributed by atoms with Gasteiger partial charge in [0.2, 0.25) is 0 Å². The molecule has 1 aliphatic rings. The Balaban J connectivity index is 0.00000109. The monoisotopic (exact) mass is 384 g/mol. The molecule has 3 aromatic rings. The van der Waals surface area contributed by atoms with Crippen LogP contribution in [0.4, 0.5) is 15.8 Å². The average Bonchev–Trinajstić information content (AvgIpc) is 3.29. The number of carbonyl (C=O) groups is 1. The fraction of sp³-hybridized carbons (Fsp3) is 0.333. The maximum atomic E-state index is 14.3. The quantitative estimate of drug-likeness (QED) is 0.638. The summed E-state index contributed by atoms with van der Waals surface area (Å²) in [6.45, 7) is 6.60. The predicted molar refractivity (Wildman–Crippen MR) is 108 cm³/mol. The summed E-state index contributed by atoms with van der Waals surface area (Å²) < 4.78 is 14.3. The van der Waals surface area contributed by atoms with Crippen molar-refractivity contribution in [3.63, 3.8) is 0 Å². The highest BCUT2D eigenvalue weighted by molar-refractivity contribution is 6.09. The molecule has 3 N–H and O–H groups in total. The van der Waals surface area contributed by atoms with Crippen LogP contribution in [0.25, 0.3) is 10.9 Å². The van der Waals surface area contributed by atoms with Crippen molar-refractivity contribution in [2.24, 2.45) is 0 Å². The topological polar surface area (TPSA) is 81.3 Å². The molecule has 0 spiro atoms. The van der Waals surface area contributed by atoms with Gasteiger partial charge in [0.05, 0.1) is 23.0 Å². The van der Waals surface area contributed by atoms with Gasteiger partial charge in [-0.25, -0.2) is 4.39 Å². The molecule has 0 radical (unpaired) electrons. The molecule has 6 nitrogen and oxygen atoms in total. The molecule has 0 saturated carbocycles. The van der Waals surface area contributed by atoms with Gasteiger partial charge in [-0.1, -0.05) is 19.9 Å². The van der Waals surface area contributed by atoms with Crippen LogP contribution in [0.5, 0.6) is 0 Å². The summed E-state index contributed by atoms with van der Waals surface area (Å²) in [6, 6.07) is 6.65. The number of likely N-dealkylation sites (tertiary alicyclic amines) is 1. The number of nitrogens with one attached hydrogen (secondary N) is 2. The Bertz CT molecular complexity index is 986. The highest BCUT2D eigenvalue weighted by Crippen LogP contribution is 2.32. The van der Waals surface area contributed by atoms with Crippen LogP contribution in [0.15, 0.2) is 36.7 Å². The molecule has 0 aliphatic carbocycles. The van der Waals surface area contributed by atoms with E-state index < -0.39 is 11.9 Å². The van der Waals surface area contributed by atoms with Gasteiger partial charge in [0.15, 0.2) is 0 Å². The molecule has 148 valence electrons. The van der Waals surface area contributed by atoms with Gasteiger partial charge in [-0.05, 0) is 37.1 Å². The van der Waals surface area contributed by atoms with Crippen molar-refractivity contribution in [1.82, 2.24) is 14.9 Å². The number of halogens is 1. The number of benzene rings is 1. The highest BCUT2D eigenvalue weighted by atomic mass is 19.1. The number of hydrogen-bond acceptors (Lipinski definition) is 4. The molecule has 1 atom stereocenters. The minimum atomic E-state index is -0.504. The second kappa shape index (κ2) is 8.39. The van der Waals surface area contributed by atoms with Gasteiger partial charge in [0.25, 0.3) is 5.91 Å². The first-order valence-electron chi connectivity index (χ1n) is 9.49. The number of anilines is 2. The zero-order valence-electron chi connectivity index (χ0n) is 16.3. The molecule has 1 unspecified atom stereocenters. The number of hydrogen-bond donors (Lipinski definition) is 3. The van der Waals surface area contributed by atoms with Crippen LogP contribution in [0, 0.1) is 12.7 Å². The van der Waals surface area contributed by atoms with E-state index in [1.54, 1.807) is 35.5 Å². The Morgan fingerprint density at radius 3 is 2.82 bits per heavy atom. The van der Waals surface area contributed by atoms with E-state index >= 15 is 0 Å². The number of aryl methyl sites for hydroxylation is 1. The molecule has 1 amide bonds. The lowest BCUT2D eigenvalue weighted by Crippen LogP contribution is -2.30. The SMILES string of the molecule is CC.Cc1ccc(Nc2c(C(=O)N3CCC(O)C3)[nH]c3ccncc23)c(F)c1. The average molecular weight is 384 g/mol. The van der Waals surface area contributed by atoms with E-state index in [4.69, 9.17) is 0 Å². The number of pyridine rings is 1. The number of fused-ring (bicyclic) bond motifs is 1. The maximum absolute atomic E-state index is 14.3. The normalized spacial score (nSPS) is 16.0. The lowest BCUT2D eigenvalue weighted by atomic mass is 10.2. The van der Waals surface area contributed by atoms with E-state index in [2.05, 4.69) is 15.3 Å². The molecule has 1 aromatic carbocycles. The third-order valence-electron chi connectivity index (χ3n) is 4.65. The van der Waals surface area contributed by atoms with E-state index in [-0.39, 0.29) is 11.6 Å². The number of H-pyrrole nitrogens is 1. The minimum absolute atomic E-state index is 0.229. The smallest absolute Gasteiger partial charge is 0.272 e. The summed E-state index contributed by atoms with van der Waals surface area (Å²) in [5.74, 6) is -0.619. The van der Waals surface area contributed by atoms with Crippen LogP contribution in [0.1, 0.15) is 36.3 Å². The number of β-amino-alcohol motifs (C(OH)–C–C–N with tert-alkyl or cyclic N) is 1. The zero-order valence-corrected chi connectivity index (χ0v) is 16.3. The maximum Gasteiger partial charge on any atom is 0.272 e. The molecular formula is C21H25FN4O2. The van der Waals surface area contributed by atoms with Gasteiger partial charge in [0.1, 0.15) is 11.5 Å². The van der Waals surface area contributed by atoms with Crippen molar-refractivity contribution in [1.29, 1.82) is 0 Å². The molecule has 4 rings (SSSR count). The number of aromatic amines is 1. The predicted octanol–water partition coefficient (Wildman–Crippen LogP) is 3.99. The van der Waals surface area contributed by atoms with Gasteiger partial charge < -0.3 is 20.3 Å². The first kappa shape index (κ1) is 19.8. The summed E-state index contributed by atoms with van der Waals surface area (Å²) in [6.07, 6.45) is 3.32. The van der Waals surface area contributed by atoms with Crippen LogP contribution in [0.3, 0.4) is 0 Å². The molecule has 2 aromatic heterocycles. The van der Waals surface area contributed by atoms with Crippen molar-refractivity contribution < 1.29 is 14.3 Å². The minimum Gasteiger partial charge on any atom is -0.391 e. The summed E-state index contributed by atoms with van der Waals surface area (Å²) in [5, 5.41) is 13.5. The molecule has 7 heteroatoms. The zero-order chi connectivity index (χ0) is 20.3. The van der Waals surface area contributed by atoms with Gasteiger partial charge >= 0.3 is 0 Å². The Morgan fingerprint density at radius 2 is 2.14 bits per heavy atom. The van der Waals surface area contributed by atoms with Gasteiger partial charge in [0, 0.05) is 30.9 Å². The highest BCUT2D eigenvalue weighted by Gasteiger charge is 2.29. The van der Waals surface area contributed by atoms with Crippen molar-refractivity contribution in [3.8, 4) is 0 Å². The van der Waals surface area contributed by atoms with Gasteiger partial charge in [-0.2, -0.15) is 0 Å². The van der Waals surface area contributed by atoms with Crippen LogP contribution in [-0.2, 0) is 0 Å². The van der Waals surface area contributed by atoms with Crippen molar-refractivity contribution >= 4 is 28.2 Å². The fourth-order valence-corrected chi connectivity index (χ4v) is 3.27. The first-order valence-corrected chi connectivity index (χ1v) is 9.49. The third-order valence-corrected chi connectivity index (χ3v) is 4.65. The van der Waals surface area contributed by atoms with Crippen LogP contribution < -0.4 is 5.32 Å². The lowest BCUT2D eigenvalue weighted by molar-refractivity contribution is 0.0761. The van der Waals surface area contributed by atoms with E-state index in [0.29, 0.717) is 36.3 Å². The standard InChI is InChI=1S/C19H19FN4O2.C2H6/c1-11-2-3-16(14(20)8-11)23-17-13-9-21-6-4-15(13)22-18(17)19(26)24-7-5-12(25)10-24;1-2/h2-4,6,8-9,12,22-23,25H,5,7,10H2,1H3;1-2H3. The number of carbonyl (C=O) groups excluding carboxylic acids is 1. The Hall–Kier alpha value is -2.93. The molecule has 3 heterocycles. The molecule has 1 saturated heterocycles. The number of amides is 1. The Kier molecular flexibility index (Phi) is 5.94. The molecular weight excluding hydrogens is 359 g/mol. The summed E-state index contributed by atoms with van der Waals surface area (Å²) >= 11 is 0. The van der Waals surface area contributed by atoms with E-state index in [1.165, 1.54) is 6.07 Å². The lowest BCUT2D eigenvalue weighted by Gasteiger charge is -2.16. The number of rotatable bonds is 3. The summed E-state index contributed by atoms with van der Waals surface area (Å²) in [7, 11) is 0. The number of aliphatic hydroxyl groups excluding tert-OH is 1. The van der Waals surface area contributed by atoms with E-state index in [1.807, 2.05) is 20.8 Å². The number of aromatic nitrogens is 2. The van der Waals surface area contributed by atoms with Crippen LogP contribution >= 0.6 is 0 Å².